The van der Waals surface area contributed by atoms with Gasteiger partial charge in [0.15, 0.2) is 11.6 Å². The van der Waals surface area contributed by atoms with Crippen molar-refractivity contribution in [3.63, 3.8) is 0 Å². The lowest BCUT2D eigenvalue weighted by molar-refractivity contribution is 0.496. The summed E-state index contributed by atoms with van der Waals surface area (Å²) in [5.74, 6) is -3.34. The minimum Gasteiger partial charge on any atom is -0.368 e. The third-order valence-corrected chi connectivity index (χ3v) is 2.26. The highest BCUT2D eigenvalue weighted by Gasteiger charge is 2.14. The van der Waals surface area contributed by atoms with E-state index in [0.29, 0.717) is 11.6 Å². The molecule has 0 aliphatic heterocycles. The lowest BCUT2D eigenvalue weighted by Gasteiger charge is -2.07. The molecule has 0 aliphatic rings. The summed E-state index contributed by atoms with van der Waals surface area (Å²) in [6.07, 6.45) is 1.39. The molecule has 17 heavy (non-hydrogen) atoms. The molecule has 0 fully saturated rings. The van der Waals surface area contributed by atoms with Gasteiger partial charge in [-0.2, -0.15) is 0 Å². The van der Waals surface area contributed by atoms with Gasteiger partial charge in [0.1, 0.15) is 5.82 Å². The van der Waals surface area contributed by atoms with Crippen LogP contribution in [0.4, 0.5) is 19.1 Å². The minimum absolute atomic E-state index is 0.0604. The van der Waals surface area contributed by atoms with Gasteiger partial charge in [0, 0.05) is 17.8 Å². The Morgan fingerprint density at radius 3 is 2.41 bits per heavy atom. The third-order valence-electron chi connectivity index (χ3n) is 2.26. The number of aryl methyl sites for hydroxylation is 1. The normalized spacial score (nSPS) is 10.6. The molecule has 2 aromatic rings. The average molecular weight is 239 g/mol. The van der Waals surface area contributed by atoms with Crippen molar-refractivity contribution >= 4 is 5.95 Å². The molecule has 0 spiro atoms. The molecular formula is C11H8F3N3. The summed E-state index contributed by atoms with van der Waals surface area (Å²) in [7, 11) is 0. The van der Waals surface area contributed by atoms with Crippen molar-refractivity contribution in [2.24, 2.45) is 0 Å². The molecule has 1 aromatic carbocycles. The predicted molar refractivity (Wildman–Crippen MR) is 56.5 cm³/mol. The molecule has 1 heterocycles. The predicted octanol–water partition coefficient (Wildman–Crippen LogP) is 2.45. The van der Waals surface area contributed by atoms with Crippen molar-refractivity contribution in [2.45, 2.75) is 6.92 Å². The van der Waals surface area contributed by atoms with Gasteiger partial charge in [0.2, 0.25) is 5.95 Å². The zero-order chi connectivity index (χ0) is 12.6. The number of hydrogen-bond donors (Lipinski definition) is 1. The number of benzene rings is 1. The molecule has 2 N–H and O–H groups in total. The maximum atomic E-state index is 13.5. The molecule has 2 rings (SSSR count). The topological polar surface area (TPSA) is 51.8 Å². The van der Waals surface area contributed by atoms with Crippen LogP contribution in [0.2, 0.25) is 0 Å². The van der Waals surface area contributed by atoms with Crippen LogP contribution in [0.5, 0.6) is 0 Å². The number of hydrogen-bond acceptors (Lipinski definition) is 3. The Morgan fingerprint density at radius 2 is 1.71 bits per heavy atom. The second kappa shape index (κ2) is 4.04. The second-order valence-corrected chi connectivity index (χ2v) is 3.51. The summed E-state index contributed by atoms with van der Waals surface area (Å²) in [5.41, 5.74) is 5.89. The van der Waals surface area contributed by atoms with Crippen molar-refractivity contribution in [1.82, 2.24) is 9.97 Å². The van der Waals surface area contributed by atoms with Crippen molar-refractivity contribution in [1.29, 1.82) is 0 Å². The smallest absolute Gasteiger partial charge is 0.220 e. The van der Waals surface area contributed by atoms with Crippen LogP contribution in [0.15, 0.2) is 18.3 Å². The molecule has 0 saturated heterocycles. The van der Waals surface area contributed by atoms with Gasteiger partial charge >= 0.3 is 0 Å². The maximum Gasteiger partial charge on any atom is 0.220 e. The lowest BCUT2D eigenvalue weighted by Crippen LogP contribution is -2.00. The number of nitrogen functional groups attached to an aromatic ring is 1. The van der Waals surface area contributed by atoms with E-state index in [4.69, 9.17) is 5.73 Å². The quantitative estimate of drug-likeness (QED) is 0.777. The van der Waals surface area contributed by atoms with Gasteiger partial charge in [-0.25, -0.2) is 23.1 Å². The van der Waals surface area contributed by atoms with Gasteiger partial charge in [-0.3, -0.25) is 0 Å². The van der Waals surface area contributed by atoms with E-state index in [2.05, 4.69) is 9.97 Å². The van der Waals surface area contributed by atoms with E-state index in [-0.39, 0.29) is 17.2 Å². The minimum atomic E-state index is -1.24. The van der Waals surface area contributed by atoms with E-state index in [0.717, 1.165) is 6.07 Å². The molecule has 0 aliphatic carbocycles. The molecule has 0 bridgehead atoms. The van der Waals surface area contributed by atoms with Crippen LogP contribution in [-0.4, -0.2) is 9.97 Å². The first-order valence-electron chi connectivity index (χ1n) is 4.73. The first-order chi connectivity index (χ1) is 7.99. The van der Waals surface area contributed by atoms with Gasteiger partial charge in [-0.05, 0) is 18.6 Å². The summed E-state index contributed by atoms with van der Waals surface area (Å²) in [6.45, 7) is 1.62. The van der Waals surface area contributed by atoms with Crippen LogP contribution in [-0.2, 0) is 0 Å². The van der Waals surface area contributed by atoms with E-state index in [1.165, 1.54) is 6.20 Å². The Balaban J connectivity index is 2.68. The number of halogens is 3. The van der Waals surface area contributed by atoms with Gasteiger partial charge in [-0.1, -0.05) is 0 Å². The Hall–Kier alpha value is -2.11. The molecule has 0 unspecified atom stereocenters. The number of rotatable bonds is 1. The number of aromatic nitrogens is 2. The molecule has 6 heteroatoms. The largest absolute Gasteiger partial charge is 0.368 e. The van der Waals surface area contributed by atoms with Crippen LogP contribution >= 0.6 is 0 Å². The molecular weight excluding hydrogens is 231 g/mol. The van der Waals surface area contributed by atoms with Crippen molar-refractivity contribution in [3.8, 4) is 11.3 Å². The number of nitrogens with two attached hydrogens (primary N) is 1. The van der Waals surface area contributed by atoms with Crippen LogP contribution in [0, 0.1) is 24.4 Å². The fourth-order valence-electron chi connectivity index (χ4n) is 1.43. The highest BCUT2D eigenvalue weighted by molar-refractivity contribution is 5.64. The first-order valence-corrected chi connectivity index (χ1v) is 4.73. The van der Waals surface area contributed by atoms with Crippen LogP contribution in [0.3, 0.4) is 0 Å². The standard InChI is InChI=1S/C11H8F3N3/c1-5-4-16-11(15)17-10(5)6-2-8(13)9(14)3-7(6)12/h2-4H,1H3,(H2,15,16,17). The van der Waals surface area contributed by atoms with E-state index in [1.54, 1.807) is 6.92 Å². The van der Waals surface area contributed by atoms with Crippen LogP contribution in [0.1, 0.15) is 5.56 Å². The van der Waals surface area contributed by atoms with Crippen molar-refractivity contribution < 1.29 is 13.2 Å². The Labute approximate surface area is 95.1 Å². The Morgan fingerprint density at radius 1 is 1.06 bits per heavy atom. The van der Waals surface area contributed by atoms with Gasteiger partial charge in [0.05, 0.1) is 5.69 Å². The molecule has 0 atom stereocenters. The molecule has 88 valence electrons. The highest BCUT2D eigenvalue weighted by atomic mass is 19.2. The van der Waals surface area contributed by atoms with E-state index < -0.39 is 17.5 Å². The second-order valence-electron chi connectivity index (χ2n) is 3.51. The maximum absolute atomic E-state index is 13.5. The summed E-state index contributed by atoms with van der Waals surface area (Å²) in [4.78, 5) is 7.52. The van der Waals surface area contributed by atoms with Crippen LogP contribution in [0.25, 0.3) is 11.3 Å². The lowest BCUT2D eigenvalue weighted by atomic mass is 10.1. The fraction of sp³-hybridized carbons (Fsp3) is 0.0909. The number of nitrogens with zero attached hydrogens (tertiary/aromatic N) is 2. The highest BCUT2D eigenvalue weighted by Crippen LogP contribution is 2.26. The monoisotopic (exact) mass is 239 g/mol. The van der Waals surface area contributed by atoms with E-state index in [1.807, 2.05) is 0 Å². The van der Waals surface area contributed by atoms with E-state index in [9.17, 15) is 13.2 Å². The Kier molecular flexibility index (Phi) is 2.71. The fourth-order valence-corrected chi connectivity index (χ4v) is 1.43. The molecule has 0 amide bonds. The summed E-state index contributed by atoms with van der Waals surface area (Å²) in [6, 6.07) is 1.22. The SMILES string of the molecule is Cc1cnc(N)nc1-c1cc(F)c(F)cc1F. The average Bonchev–Trinajstić information content (AvgIpc) is 2.27. The molecule has 0 radical (unpaired) electrons. The van der Waals surface area contributed by atoms with E-state index >= 15 is 0 Å². The number of anilines is 1. The zero-order valence-electron chi connectivity index (χ0n) is 8.84. The molecule has 1 aromatic heterocycles. The molecule has 3 nitrogen and oxygen atoms in total. The van der Waals surface area contributed by atoms with Gasteiger partial charge in [-0.15, -0.1) is 0 Å². The van der Waals surface area contributed by atoms with Crippen LogP contribution < -0.4 is 5.73 Å². The van der Waals surface area contributed by atoms with Crippen molar-refractivity contribution in [3.05, 3.63) is 41.3 Å². The third kappa shape index (κ3) is 2.06. The zero-order valence-corrected chi connectivity index (χ0v) is 8.84. The van der Waals surface area contributed by atoms with Gasteiger partial charge in [0.25, 0.3) is 0 Å². The summed E-state index contributed by atoms with van der Waals surface area (Å²) >= 11 is 0. The summed E-state index contributed by atoms with van der Waals surface area (Å²) < 4.78 is 39.4. The summed E-state index contributed by atoms with van der Waals surface area (Å²) in [5, 5.41) is 0. The Bertz CT molecular complexity index is 584. The molecule has 0 saturated carbocycles. The first kappa shape index (κ1) is 11.4. The van der Waals surface area contributed by atoms with Crippen molar-refractivity contribution in [2.75, 3.05) is 5.73 Å². The van der Waals surface area contributed by atoms with Gasteiger partial charge < -0.3 is 5.73 Å².